The Morgan fingerprint density at radius 3 is 3.29 bits per heavy atom. The molecule has 0 radical (unpaired) electrons. The van der Waals surface area contributed by atoms with E-state index in [0.29, 0.717) is 0 Å². The third-order valence-corrected chi connectivity index (χ3v) is 4.08. The van der Waals surface area contributed by atoms with Crippen LogP contribution in [0.3, 0.4) is 0 Å². The van der Waals surface area contributed by atoms with Gasteiger partial charge in [0.25, 0.3) is 0 Å². The molecule has 0 saturated carbocycles. The average molecular weight is 234 g/mol. The van der Waals surface area contributed by atoms with Crippen molar-refractivity contribution in [1.29, 1.82) is 0 Å². The Morgan fingerprint density at radius 2 is 2.41 bits per heavy atom. The first-order chi connectivity index (χ1) is 8.42. The van der Waals surface area contributed by atoms with Gasteiger partial charge in [-0.05, 0) is 44.8 Å². The summed E-state index contributed by atoms with van der Waals surface area (Å²) in [6.07, 6.45) is 8.12. The van der Waals surface area contributed by atoms with Gasteiger partial charge in [0.1, 0.15) is 5.82 Å². The fourth-order valence-electron chi connectivity index (χ4n) is 2.95. The number of nitrogens with zero attached hydrogens (tertiary/aromatic N) is 3. The molecule has 2 aliphatic heterocycles. The summed E-state index contributed by atoms with van der Waals surface area (Å²) in [6.45, 7) is 7.01. The fourth-order valence-corrected chi connectivity index (χ4v) is 2.95. The number of imidazole rings is 1. The lowest BCUT2D eigenvalue weighted by Gasteiger charge is -2.30. The molecule has 94 valence electrons. The molecule has 1 fully saturated rings. The monoisotopic (exact) mass is 234 g/mol. The van der Waals surface area contributed by atoms with Crippen LogP contribution >= 0.6 is 0 Å². The Kier molecular flexibility index (Phi) is 3.43. The molecule has 4 heteroatoms. The van der Waals surface area contributed by atoms with Gasteiger partial charge in [-0.15, -0.1) is 0 Å². The Morgan fingerprint density at radius 1 is 1.41 bits per heavy atom. The predicted molar refractivity (Wildman–Crippen MR) is 67.7 cm³/mol. The van der Waals surface area contributed by atoms with Crippen LogP contribution in [0, 0.1) is 5.92 Å². The van der Waals surface area contributed by atoms with E-state index >= 15 is 0 Å². The third-order valence-electron chi connectivity index (χ3n) is 4.08. The lowest BCUT2D eigenvalue weighted by Crippen LogP contribution is -2.37. The summed E-state index contributed by atoms with van der Waals surface area (Å²) in [5, 5.41) is 3.50. The molecule has 3 rings (SSSR count). The van der Waals surface area contributed by atoms with Gasteiger partial charge in [0.2, 0.25) is 0 Å². The van der Waals surface area contributed by atoms with Crippen molar-refractivity contribution in [3.63, 3.8) is 0 Å². The highest BCUT2D eigenvalue weighted by Gasteiger charge is 2.18. The Balaban J connectivity index is 1.47. The Hall–Kier alpha value is -0.870. The van der Waals surface area contributed by atoms with Crippen LogP contribution in [0.25, 0.3) is 0 Å². The molecule has 2 aliphatic rings. The quantitative estimate of drug-likeness (QED) is 0.850. The summed E-state index contributed by atoms with van der Waals surface area (Å²) in [7, 11) is 0. The molecule has 17 heavy (non-hydrogen) atoms. The minimum absolute atomic E-state index is 0.894. The molecule has 4 nitrogen and oxygen atoms in total. The van der Waals surface area contributed by atoms with Crippen molar-refractivity contribution in [1.82, 2.24) is 19.8 Å². The fraction of sp³-hybridized carbons (Fsp3) is 0.769. The maximum absolute atomic E-state index is 4.41. The van der Waals surface area contributed by atoms with Crippen molar-refractivity contribution in [3.05, 3.63) is 18.2 Å². The highest BCUT2D eigenvalue weighted by atomic mass is 15.2. The molecule has 0 spiro atoms. The number of piperidine rings is 1. The zero-order valence-electron chi connectivity index (χ0n) is 10.4. The van der Waals surface area contributed by atoms with Crippen LogP contribution in [-0.2, 0) is 13.1 Å². The first-order valence-corrected chi connectivity index (χ1v) is 6.85. The van der Waals surface area contributed by atoms with Crippen LogP contribution in [0.4, 0.5) is 0 Å². The standard InChI is InChI=1S/C13H22N4/c1-2-12(10-14-4-1)3-6-16-8-9-17-7-5-15-13(17)11-16/h5,7,12,14H,1-4,6,8-11H2. The number of nitrogens with one attached hydrogen (secondary N) is 1. The van der Waals surface area contributed by atoms with Crippen LogP contribution in [0.2, 0.25) is 0 Å². The van der Waals surface area contributed by atoms with Crippen molar-refractivity contribution in [3.8, 4) is 0 Å². The maximum Gasteiger partial charge on any atom is 0.122 e. The van der Waals surface area contributed by atoms with E-state index < -0.39 is 0 Å². The van der Waals surface area contributed by atoms with Crippen LogP contribution in [-0.4, -0.2) is 40.6 Å². The van der Waals surface area contributed by atoms with Gasteiger partial charge in [-0.25, -0.2) is 4.98 Å². The zero-order valence-corrected chi connectivity index (χ0v) is 10.4. The minimum Gasteiger partial charge on any atom is -0.333 e. The van der Waals surface area contributed by atoms with Crippen molar-refractivity contribution in [2.24, 2.45) is 5.92 Å². The second-order valence-corrected chi connectivity index (χ2v) is 5.31. The molecule has 1 saturated heterocycles. The first kappa shape index (κ1) is 11.2. The highest BCUT2D eigenvalue weighted by molar-refractivity contribution is 4.95. The smallest absolute Gasteiger partial charge is 0.122 e. The summed E-state index contributed by atoms with van der Waals surface area (Å²) < 4.78 is 2.28. The Bertz CT molecular complexity index is 354. The molecule has 1 N–H and O–H groups in total. The molecule has 1 atom stereocenters. The van der Waals surface area contributed by atoms with E-state index in [-0.39, 0.29) is 0 Å². The van der Waals surface area contributed by atoms with E-state index in [4.69, 9.17) is 0 Å². The number of hydrogen-bond donors (Lipinski definition) is 1. The second kappa shape index (κ2) is 5.19. The van der Waals surface area contributed by atoms with Gasteiger partial charge in [-0.3, -0.25) is 4.90 Å². The van der Waals surface area contributed by atoms with Crippen molar-refractivity contribution >= 4 is 0 Å². The lowest BCUT2D eigenvalue weighted by atomic mass is 9.96. The molecular formula is C13H22N4. The SMILES string of the molecule is c1cn2c(n1)CN(CCC1CCCNC1)CC2. The van der Waals surface area contributed by atoms with Gasteiger partial charge in [0.05, 0.1) is 6.54 Å². The summed E-state index contributed by atoms with van der Waals surface area (Å²) in [5.41, 5.74) is 0. The predicted octanol–water partition coefficient (Wildman–Crippen LogP) is 1.09. The van der Waals surface area contributed by atoms with Crippen LogP contribution in [0.15, 0.2) is 12.4 Å². The number of hydrogen-bond acceptors (Lipinski definition) is 3. The number of aromatic nitrogens is 2. The van der Waals surface area contributed by atoms with Crippen LogP contribution < -0.4 is 5.32 Å². The molecule has 1 unspecified atom stereocenters. The topological polar surface area (TPSA) is 33.1 Å². The van der Waals surface area contributed by atoms with Crippen molar-refractivity contribution in [2.75, 3.05) is 26.2 Å². The van der Waals surface area contributed by atoms with E-state index in [1.54, 1.807) is 0 Å². The van der Waals surface area contributed by atoms with Crippen molar-refractivity contribution < 1.29 is 0 Å². The number of rotatable bonds is 3. The lowest BCUT2D eigenvalue weighted by molar-refractivity contribution is 0.194. The van der Waals surface area contributed by atoms with Gasteiger partial charge < -0.3 is 9.88 Å². The van der Waals surface area contributed by atoms with E-state index in [1.807, 2.05) is 6.20 Å². The molecule has 3 heterocycles. The molecule has 0 bridgehead atoms. The van der Waals surface area contributed by atoms with E-state index in [0.717, 1.165) is 19.0 Å². The molecule has 0 amide bonds. The van der Waals surface area contributed by atoms with Crippen molar-refractivity contribution in [2.45, 2.75) is 32.4 Å². The highest BCUT2D eigenvalue weighted by Crippen LogP contribution is 2.16. The van der Waals surface area contributed by atoms with E-state index in [2.05, 4.69) is 26.0 Å². The van der Waals surface area contributed by atoms with Crippen LogP contribution in [0.1, 0.15) is 25.1 Å². The van der Waals surface area contributed by atoms with Gasteiger partial charge in [-0.1, -0.05) is 0 Å². The normalized spacial score (nSPS) is 25.8. The van der Waals surface area contributed by atoms with Gasteiger partial charge >= 0.3 is 0 Å². The average Bonchev–Trinajstić information content (AvgIpc) is 2.85. The number of fused-ring (bicyclic) bond motifs is 1. The third kappa shape index (κ3) is 2.69. The van der Waals surface area contributed by atoms with E-state index in [1.165, 1.54) is 51.3 Å². The first-order valence-electron chi connectivity index (χ1n) is 6.85. The summed E-state index contributed by atoms with van der Waals surface area (Å²) in [5.74, 6) is 2.13. The molecule has 1 aromatic rings. The molecule has 0 aromatic carbocycles. The Labute approximate surface area is 103 Å². The largest absolute Gasteiger partial charge is 0.333 e. The van der Waals surface area contributed by atoms with Gasteiger partial charge in [-0.2, -0.15) is 0 Å². The summed E-state index contributed by atoms with van der Waals surface area (Å²) in [6, 6.07) is 0. The maximum atomic E-state index is 4.41. The molecular weight excluding hydrogens is 212 g/mol. The zero-order chi connectivity index (χ0) is 11.5. The molecule has 0 aliphatic carbocycles. The summed E-state index contributed by atoms with van der Waals surface area (Å²) >= 11 is 0. The van der Waals surface area contributed by atoms with E-state index in [9.17, 15) is 0 Å². The molecule has 1 aromatic heterocycles. The van der Waals surface area contributed by atoms with Crippen LogP contribution in [0.5, 0.6) is 0 Å². The summed E-state index contributed by atoms with van der Waals surface area (Å²) in [4.78, 5) is 6.96. The second-order valence-electron chi connectivity index (χ2n) is 5.31. The minimum atomic E-state index is 0.894. The van der Waals surface area contributed by atoms with Gasteiger partial charge in [0, 0.05) is 25.5 Å². The van der Waals surface area contributed by atoms with Gasteiger partial charge in [0.15, 0.2) is 0 Å².